The Labute approximate surface area is 134 Å². The molecule has 0 saturated carbocycles. The van der Waals surface area contributed by atoms with Gasteiger partial charge in [0.05, 0.1) is 6.04 Å². The number of para-hydroxylation sites is 1. The average Bonchev–Trinajstić information content (AvgIpc) is 3.21. The van der Waals surface area contributed by atoms with Crippen molar-refractivity contribution in [2.45, 2.75) is 31.4 Å². The van der Waals surface area contributed by atoms with Crippen molar-refractivity contribution in [3.05, 3.63) is 65.5 Å². The third-order valence-electron chi connectivity index (χ3n) is 4.71. The molecule has 2 aromatic rings. The second kappa shape index (κ2) is 5.69. The summed E-state index contributed by atoms with van der Waals surface area (Å²) in [5.41, 5.74) is 2.08. The highest BCUT2D eigenvalue weighted by molar-refractivity contribution is 5.83. The summed E-state index contributed by atoms with van der Waals surface area (Å²) < 4.78 is 19.0. The van der Waals surface area contributed by atoms with E-state index >= 15 is 0 Å². The molecule has 4 rings (SSSR count). The molecule has 0 aromatic heterocycles. The Morgan fingerprint density at radius 3 is 2.70 bits per heavy atom. The molecule has 0 aliphatic carbocycles. The van der Waals surface area contributed by atoms with Gasteiger partial charge in [-0.25, -0.2) is 4.39 Å². The monoisotopic (exact) mass is 311 g/mol. The summed E-state index contributed by atoms with van der Waals surface area (Å²) in [7, 11) is 0. The fourth-order valence-electron chi connectivity index (χ4n) is 3.57. The number of rotatable bonds is 2. The highest BCUT2D eigenvalue weighted by atomic mass is 19.1. The van der Waals surface area contributed by atoms with Gasteiger partial charge in [-0.1, -0.05) is 30.3 Å². The molecule has 1 saturated heterocycles. The van der Waals surface area contributed by atoms with Gasteiger partial charge in [-0.3, -0.25) is 4.79 Å². The van der Waals surface area contributed by atoms with Gasteiger partial charge in [-0.2, -0.15) is 0 Å². The highest BCUT2D eigenvalue weighted by Crippen LogP contribution is 2.35. The molecule has 118 valence electrons. The number of amides is 1. The molecule has 0 bridgehead atoms. The van der Waals surface area contributed by atoms with Crippen molar-refractivity contribution >= 4 is 5.91 Å². The highest BCUT2D eigenvalue weighted by Gasteiger charge is 2.37. The van der Waals surface area contributed by atoms with Crippen LogP contribution in [0.1, 0.15) is 30.0 Å². The molecule has 0 spiro atoms. The average molecular weight is 311 g/mol. The quantitative estimate of drug-likeness (QED) is 0.849. The van der Waals surface area contributed by atoms with Crippen LogP contribution in [-0.4, -0.2) is 23.5 Å². The molecule has 1 amide bonds. The smallest absolute Gasteiger partial charge is 0.264 e. The number of halogens is 1. The van der Waals surface area contributed by atoms with Crippen LogP contribution < -0.4 is 4.74 Å². The predicted molar refractivity (Wildman–Crippen MR) is 84.7 cm³/mol. The summed E-state index contributed by atoms with van der Waals surface area (Å²) in [4.78, 5) is 14.8. The standard InChI is InChI=1S/C19H18FNO2/c20-15-9-7-13(8-10-15)16-5-3-11-21(16)19(22)18-12-14-4-1-2-6-17(14)23-18/h1-2,4,6-10,16,18H,3,5,11-12H2. The molecular formula is C19H18FNO2. The minimum atomic E-state index is -0.437. The van der Waals surface area contributed by atoms with Gasteiger partial charge >= 0.3 is 0 Å². The molecule has 2 aromatic carbocycles. The van der Waals surface area contributed by atoms with E-state index in [1.807, 2.05) is 29.2 Å². The molecular weight excluding hydrogens is 293 g/mol. The molecule has 2 atom stereocenters. The second-order valence-electron chi connectivity index (χ2n) is 6.16. The number of ether oxygens (including phenoxy) is 1. The van der Waals surface area contributed by atoms with Crippen molar-refractivity contribution in [3.63, 3.8) is 0 Å². The zero-order chi connectivity index (χ0) is 15.8. The van der Waals surface area contributed by atoms with E-state index in [4.69, 9.17) is 4.74 Å². The Kier molecular flexibility index (Phi) is 3.52. The lowest BCUT2D eigenvalue weighted by Gasteiger charge is -2.27. The first-order chi connectivity index (χ1) is 11.2. The third kappa shape index (κ3) is 2.58. The molecule has 4 heteroatoms. The van der Waals surface area contributed by atoms with Gasteiger partial charge in [-0.05, 0) is 42.2 Å². The summed E-state index contributed by atoms with van der Waals surface area (Å²) in [5, 5.41) is 0. The van der Waals surface area contributed by atoms with Crippen LogP contribution in [0.2, 0.25) is 0 Å². The minimum absolute atomic E-state index is 0.0235. The lowest BCUT2D eigenvalue weighted by Crippen LogP contribution is -2.40. The first-order valence-corrected chi connectivity index (χ1v) is 8.03. The molecule has 0 radical (unpaired) electrons. The van der Waals surface area contributed by atoms with E-state index in [-0.39, 0.29) is 17.8 Å². The van der Waals surface area contributed by atoms with Crippen LogP contribution in [0.25, 0.3) is 0 Å². The van der Waals surface area contributed by atoms with Crippen molar-refractivity contribution < 1.29 is 13.9 Å². The van der Waals surface area contributed by atoms with Crippen molar-refractivity contribution in [2.24, 2.45) is 0 Å². The molecule has 1 fully saturated rings. The molecule has 2 aliphatic rings. The Bertz CT molecular complexity index is 703. The number of benzene rings is 2. The largest absolute Gasteiger partial charge is 0.480 e. The van der Waals surface area contributed by atoms with E-state index in [0.29, 0.717) is 6.42 Å². The van der Waals surface area contributed by atoms with Crippen LogP contribution >= 0.6 is 0 Å². The van der Waals surface area contributed by atoms with E-state index in [9.17, 15) is 9.18 Å². The van der Waals surface area contributed by atoms with Crippen molar-refractivity contribution in [1.29, 1.82) is 0 Å². The van der Waals surface area contributed by atoms with Crippen LogP contribution in [0.3, 0.4) is 0 Å². The number of fused-ring (bicyclic) bond motifs is 1. The molecule has 3 nitrogen and oxygen atoms in total. The number of hydrogen-bond donors (Lipinski definition) is 0. The maximum Gasteiger partial charge on any atom is 0.264 e. The van der Waals surface area contributed by atoms with Gasteiger partial charge in [0.25, 0.3) is 5.91 Å². The summed E-state index contributed by atoms with van der Waals surface area (Å²) in [6.45, 7) is 0.733. The topological polar surface area (TPSA) is 29.5 Å². The number of likely N-dealkylation sites (tertiary alicyclic amines) is 1. The minimum Gasteiger partial charge on any atom is -0.480 e. The van der Waals surface area contributed by atoms with Gasteiger partial charge in [0.15, 0.2) is 6.10 Å². The Balaban J connectivity index is 1.53. The van der Waals surface area contributed by atoms with Gasteiger partial charge in [0.2, 0.25) is 0 Å². The SMILES string of the molecule is O=C(C1Cc2ccccc2O1)N1CCCC1c1ccc(F)cc1. The van der Waals surface area contributed by atoms with Crippen molar-refractivity contribution in [3.8, 4) is 5.75 Å². The molecule has 0 N–H and O–H groups in total. The van der Waals surface area contributed by atoms with E-state index in [1.165, 1.54) is 12.1 Å². The predicted octanol–water partition coefficient (Wildman–Crippen LogP) is 3.49. The van der Waals surface area contributed by atoms with Gasteiger partial charge in [-0.15, -0.1) is 0 Å². The molecule has 2 heterocycles. The van der Waals surface area contributed by atoms with E-state index in [0.717, 1.165) is 36.3 Å². The van der Waals surface area contributed by atoms with Gasteiger partial charge < -0.3 is 9.64 Å². The molecule has 23 heavy (non-hydrogen) atoms. The number of carbonyl (C=O) groups excluding carboxylic acids is 1. The lowest BCUT2D eigenvalue weighted by molar-refractivity contribution is -0.138. The maximum atomic E-state index is 13.1. The Morgan fingerprint density at radius 2 is 1.91 bits per heavy atom. The zero-order valence-electron chi connectivity index (χ0n) is 12.7. The third-order valence-corrected chi connectivity index (χ3v) is 4.71. The van der Waals surface area contributed by atoms with Crippen LogP contribution in [0.15, 0.2) is 48.5 Å². The van der Waals surface area contributed by atoms with Crippen LogP contribution in [-0.2, 0) is 11.2 Å². The number of carbonyl (C=O) groups is 1. The summed E-state index contributed by atoms with van der Waals surface area (Å²) in [5.74, 6) is 0.593. The fourth-order valence-corrected chi connectivity index (χ4v) is 3.57. The normalized spacial score (nSPS) is 22.7. The Hall–Kier alpha value is -2.36. The summed E-state index contributed by atoms with van der Waals surface area (Å²) in [6, 6.07) is 14.3. The number of hydrogen-bond acceptors (Lipinski definition) is 2. The lowest BCUT2D eigenvalue weighted by atomic mass is 10.0. The van der Waals surface area contributed by atoms with E-state index in [2.05, 4.69) is 0 Å². The van der Waals surface area contributed by atoms with Crippen molar-refractivity contribution in [2.75, 3.05) is 6.54 Å². The van der Waals surface area contributed by atoms with Crippen LogP contribution in [0, 0.1) is 5.82 Å². The van der Waals surface area contributed by atoms with E-state index in [1.54, 1.807) is 12.1 Å². The van der Waals surface area contributed by atoms with Crippen LogP contribution in [0.5, 0.6) is 5.75 Å². The van der Waals surface area contributed by atoms with Gasteiger partial charge in [0.1, 0.15) is 11.6 Å². The summed E-state index contributed by atoms with van der Waals surface area (Å²) >= 11 is 0. The molecule has 2 unspecified atom stereocenters. The fraction of sp³-hybridized carbons (Fsp3) is 0.316. The van der Waals surface area contributed by atoms with Crippen molar-refractivity contribution in [1.82, 2.24) is 4.90 Å². The number of nitrogens with zero attached hydrogens (tertiary/aromatic N) is 1. The summed E-state index contributed by atoms with van der Waals surface area (Å²) in [6.07, 6.45) is 2.07. The first-order valence-electron chi connectivity index (χ1n) is 8.03. The van der Waals surface area contributed by atoms with Crippen LogP contribution in [0.4, 0.5) is 4.39 Å². The van der Waals surface area contributed by atoms with E-state index < -0.39 is 6.10 Å². The van der Waals surface area contributed by atoms with Gasteiger partial charge in [0, 0.05) is 13.0 Å². The zero-order valence-corrected chi connectivity index (χ0v) is 12.7. The Morgan fingerprint density at radius 1 is 1.13 bits per heavy atom. The second-order valence-corrected chi connectivity index (χ2v) is 6.16. The maximum absolute atomic E-state index is 13.1. The first kappa shape index (κ1) is 14.2. The molecule has 2 aliphatic heterocycles.